The molecule has 0 bridgehead atoms. The molecular weight excluding hydrogens is 220 g/mol. The summed E-state index contributed by atoms with van der Waals surface area (Å²) in [6.45, 7) is 4.21. The Kier molecular flexibility index (Phi) is 5.18. The summed E-state index contributed by atoms with van der Waals surface area (Å²) >= 11 is 1.76. The fourth-order valence-electron chi connectivity index (χ4n) is 1.24. The third-order valence-corrected chi connectivity index (χ3v) is 3.87. The van der Waals surface area contributed by atoms with Crippen molar-refractivity contribution >= 4 is 16.5 Å². The van der Waals surface area contributed by atoms with Crippen molar-refractivity contribution in [2.24, 2.45) is 0 Å². The molecule has 0 aliphatic rings. The number of thiazole rings is 1. The average Bonchev–Trinajstić information content (AvgIpc) is 2.74. The Morgan fingerprint density at radius 2 is 2.06 bits per heavy atom. The van der Waals surface area contributed by atoms with Crippen LogP contribution in [0.5, 0.6) is 0 Å². The molecule has 0 saturated heterocycles. The first kappa shape index (κ1) is 13.4. The summed E-state index contributed by atoms with van der Waals surface area (Å²) in [6.07, 6.45) is 1.97. The van der Waals surface area contributed by atoms with Crippen molar-refractivity contribution in [3.8, 4) is 0 Å². The molecule has 0 spiro atoms. The maximum Gasteiger partial charge on any atom is 0.185 e. The number of nitrogens with zero attached hydrogens (tertiary/aromatic N) is 3. The number of likely N-dealkylation sites (N-methyl/N-ethyl adjacent to an activating group) is 2. The lowest BCUT2D eigenvalue weighted by molar-refractivity contribution is 0.416. The van der Waals surface area contributed by atoms with Gasteiger partial charge in [-0.2, -0.15) is 0 Å². The molecule has 1 unspecified atom stereocenters. The summed E-state index contributed by atoms with van der Waals surface area (Å²) in [7, 11) is 8.24. The fraction of sp³-hybridized carbons (Fsp3) is 0.727. The molecule has 0 amide bonds. The molecule has 1 rings (SSSR count). The first-order valence-electron chi connectivity index (χ1n) is 5.53. The third-order valence-electron chi connectivity index (χ3n) is 2.58. The van der Waals surface area contributed by atoms with Crippen molar-refractivity contribution in [2.45, 2.75) is 13.0 Å². The lowest BCUT2D eigenvalue weighted by Gasteiger charge is -2.18. The van der Waals surface area contributed by atoms with Crippen molar-refractivity contribution in [3.05, 3.63) is 11.1 Å². The number of aromatic nitrogens is 1. The number of hydrogen-bond acceptors (Lipinski definition) is 5. The first-order chi connectivity index (χ1) is 7.54. The van der Waals surface area contributed by atoms with Gasteiger partial charge in [0, 0.05) is 37.3 Å². The van der Waals surface area contributed by atoms with Crippen LogP contribution in [0.2, 0.25) is 0 Å². The first-order valence-corrected chi connectivity index (χ1v) is 6.35. The molecule has 0 aliphatic heterocycles. The van der Waals surface area contributed by atoms with E-state index >= 15 is 0 Å². The summed E-state index contributed by atoms with van der Waals surface area (Å²) in [5.74, 6) is 0. The zero-order chi connectivity index (χ0) is 12.1. The molecule has 1 heterocycles. The van der Waals surface area contributed by atoms with Gasteiger partial charge in [-0.15, -0.1) is 11.3 Å². The van der Waals surface area contributed by atoms with E-state index in [1.165, 1.54) is 4.88 Å². The molecule has 0 fully saturated rings. The van der Waals surface area contributed by atoms with Crippen LogP contribution in [0, 0.1) is 0 Å². The van der Waals surface area contributed by atoms with Crippen molar-refractivity contribution in [1.82, 2.24) is 15.2 Å². The van der Waals surface area contributed by atoms with Crippen LogP contribution >= 0.6 is 11.3 Å². The largest absolute Gasteiger partial charge is 0.350 e. The van der Waals surface area contributed by atoms with E-state index < -0.39 is 0 Å². The lowest BCUT2D eigenvalue weighted by Crippen LogP contribution is -2.28. The normalized spacial score (nSPS) is 13.1. The standard InChI is InChI=1S/C11H22N4S/c1-9(12-2)10-8-13-11(16-10)15(5)7-6-14(3)4/h8-9,12H,6-7H2,1-5H3. The lowest BCUT2D eigenvalue weighted by atomic mass is 10.3. The van der Waals surface area contributed by atoms with Crippen LogP contribution in [0.3, 0.4) is 0 Å². The van der Waals surface area contributed by atoms with E-state index in [0.717, 1.165) is 18.2 Å². The monoisotopic (exact) mass is 242 g/mol. The number of nitrogens with one attached hydrogen (secondary N) is 1. The predicted octanol–water partition coefficient (Wildman–Crippen LogP) is 1.42. The Bertz CT molecular complexity index is 311. The molecule has 5 heteroatoms. The van der Waals surface area contributed by atoms with Gasteiger partial charge in [0.05, 0.1) is 0 Å². The van der Waals surface area contributed by atoms with Crippen molar-refractivity contribution < 1.29 is 0 Å². The van der Waals surface area contributed by atoms with E-state index in [1.807, 2.05) is 13.2 Å². The Hall–Kier alpha value is -0.650. The molecule has 1 N–H and O–H groups in total. The summed E-state index contributed by atoms with van der Waals surface area (Å²) in [6, 6.07) is 0.383. The van der Waals surface area contributed by atoms with Gasteiger partial charge >= 0.3 is 0 Å². The molecule has 0 aliphatic carbocycles. The van der Waals surface area contributed by atoms with Crippen molar-refractivity contribution in [1.29, 1.82) is 0 Å². The molecule has 1 aromatic rings. The van der Waals surface area contributed by atoms with E-state index in [1.54, 1.807) is 11.3 Å². The second-order valence-corrected chi connectivity index (χ2v) is 5.32. The minimum Gasteiger partial charge on any atom is -0.350 e. The van der Waals surface area contributed by atoms with E-state index in [9.17, 15) is 0 Å². The minimum absolute atomic E-state index is 0.383. The van der Waals surface area contributed by atoms with Gasteiger partial charge < -0.3 is 15.1 Å². The fourth-order valence-corrected chi connectivity index (χ4v) is 2.20. The molecule has 92 valence electrons. The summed E-state index contributed by atoms with van der Waals surface area (Å²) in [5, 5.41) is 4.32. The quantitative estimate of drug-likeness (QED) is 0.817. The number of hydrogen-bond donors (Lipinski definition) is 1. The zero-order valence-corrected chi connectivity index (χ0v) is 11.6. The Labute approximate surface area is 102 Å². The van der Waals surface area contributed by atoms with Gasteiger partial charge in [-0.1, -0.05) is 0 Å². The van der Waals surface area contributed by atoms with E-state index in [2.05, 4.69) is 48.2 Å². The van der Waals surface area contributed by atoms with Gasteiger partial charge in [-0.25, -0.2) is 4.98 Å². The van der Waals surface area contributed by atoms with Crippen molar-refractivity contribution in [3.63, 3.8) is 0 Å². The van der Waals surface area contributed by atoms with Crippen LogP contribution in [0.4, 0.5) is 5.13 Å². The minimum atomic E-state index is 0.383. The van der Waals surface area contributed by atoms with E-state index in [4.69, 9.17) is 0 Å². The highest BCUT2D eigenvalue weighted by Crippen LogP contribution is 2.25. The van der Waals surface area contributed by atoms with Crippen LogP contribution < -0.4 is 10.2 Å². The van der Waals surface area contributed by atoms with E-state index in [-0.39, 0.29) is 0 Å². The Morgan fingerprint density at radius 3 is 2.62 bits per heavy atom. The van der Waals surface area contributed by atoms with Crippen molar-refractivity contribution in [2.75, 3.05) is 46.2 Å². The Balaban J connectivity index is 2.56. The summed E-state index contributed by atoms with van der Waals surface area (Å²) < 4.78 is 0. The smallest absolute Gasteiger partial charge is 0.185 e. The molecule has 0 radical (unpaired) electrons. The van der Waals surface area contributed by atoms with Crippen LogP contribution in [0.25, 0.3) is 0 Å². The highest BCUT2D eigenvalue weighted by Gasteiger charge is 2.10. The van der Waals surface area contributed by atoms with Crippen LogP contribution in [0.15, 0.2) is 6.20 Å². The third kappa shape index (κ3) is 3.73. The topological polar surface area (TPSA) is 31.4 Å². The van der Waals surface area contributed by atoms with Gasteiger partial charge in [0.25, 0.3) is 0 Å². The summed E-state index contributed by atoms with van der Waals surface area (Å²) in [5.41, 5.74) is 0. The molecule has 1 atom stereocenters. The highest BCUT2D eigenvalue weighted by molar-refractivity contribution is 7.15. The second kappa shape index (κ2) is 6.18. The average molecular weight is 242 g/mol. The van der Waals surface area contributed by atoms with Gasteiger partial charge in [0.2, 0.25) is 0 Å². The molecule has 0 aromatic carbocycles. The van der Waals surface area contributed by atoms with E-state index in [0.29, 0.717) is 6.04 Å². The molecule has 4 nitrogen and oxygen atoms in total. The molecule has 1 aromatic heterocycles. The highest BCUT2D eigenvalue weighted by atomic mass is 32.1. The van der Waals surface area contributed by atoms with Gasteiger partial charge in [-0.3, -0.25) is 0 Å². The number of anilines is 1. The predicted molar refractivity (Wildman–Crippen MR) is 71.4 cm³/mol. The maximum absolute atomic E-state index is 4.45. The van der Waals surface area contributed by atoms with Crippen LogP contribution in [0.1, 0.15) is 17.8 Å². The van der Waals surface area contributed by atoms with Gasteiger partial charge in [0.1, 0.15) is 0 Å². The Morgan fingerprint density at radius 1 is 1.38 bits per heavy atom. The summed E-state index contributed by atoms with van der Waals surface area (Å²) in [4.78, 5) is 10.1. The van der Waals surface area contributed by atoms with Gasteiger partial charge in [-0.05, 0) is 28.1 Å². The van der Waals surface area contributed by atoms with Gasteiger partial charge in [0.15, 0.2) is 5.13 Å². The molecule has 16 heavy (non-hydrogen) atoms. The number of rotatable bonds is 6. The molecule has 0 saturated carbocycles. The molecular formula is C11H22N4S. The SMILES string of the molecule is CNC(C)c1cnc(N(C)CCN(C)C)s1. The second-order valence-electron chi connectivity index (χ2n) is 4.28. The maximum atomic E-state index is 4.45. The van der Waals surface area contributed by atoms with Crippen LogP contribution in [-0.4, -0.2) is 51.2 Å². The van der Waals surface area contributed by atoms with Crippen LogP contribution in [-0.2, 0) is 0 Å². The zero-order valence-electron chi connectivity index (χ0n) is 10.8.